The highest BCUT2D eigenvalue weighted by molar-refractivity contribution is 5.22. The summed E-state index contributed by atoms with van der Waals surface area (Å²) in [7, 11) is 0. The second kappa shape index (κ2) is 3.34. The van der Waals surface area contributed by atoms with Gasteiger partial charge in [-0.25, -0.2) is 4.39 Å². The first-order chi connectivity index (χ1) is 6.25. The van der Waals surface area contributed by atoms with Crippen molar-refractivity contribution in [2.24, 2.45) is 0 Å². The minimum atomic E-state index is -0.276. The van der Waals surface area contributed by atoms with Gasteiger partial charge in [-0.1, -0.05) is 6.07 Å². The fourth-order valence-electron chi connectivity index (χ4n) is 1.16. The molecule has 0 N–H and O–H groups in total. The Kier molecular flexibility index (Phi) is 2.19. The third-order valence-corrected chi connectivity index (χ3v) is 2.00. The average Bonchev–Trinajstić information content (AvgIpc) is 2.85. The molecule has 70 valence electrons. The molecule has 1 saturated heterocycles. The van der Waals surface area contributed by atoms with Crippen molar-refractivity contribution < 1.29 is 13.9 Å². The van der Waals surface area contributed by atoms with Crippen molar-refractivity contribution in [1.29, 1.82) is 0 Å². The summed E-state index contributed by atoms with van der Waals surface area (Å²) < 4.78 is 23.2. The summed E-state index contributed by atoms with van der Waals surface area (Å²) in [5, 5.41) is 0. The number of halogens is 1. The molecule has 0 amide bonds. The van der Waals surface area contributed by atoms with Crippen LogP contribution in [0, 0.1) is 5.82 Å². The summed E-state index contributed by atoms with van der Waals surface area (Å²) in [6.07, 6.45) is 0.185. The van der Waals surface area contributed by atoms with Gasteiger partial charge in [0.05, 0.1) is 6.61 Å². The minimum Gasteiger partial charge on any atom is -0.488 e. The Balaban J connectivity index is 2.00. The summed E-state index contributed by atoms with van der Waals surface area (Å²) >= 11 is 0. The Morgan fingerprint density at radius 2 is 2.38 bits per heavy atom. The summed E-state index contributed by atoms with van der Waals surface area (Å²) in [5.41, 5.74) is 0. The van der Waals surface area contributed by atoms with Gasteiger partial charge in [0.2, 0.25) is 0 Å². The third-order valence-electron chi connectivity index (χ3n) is 2.00. The summed E-state index contributed by atoms with van der Waals surface area (Å²) in [6.45, 7) is 2.67. The Morgan fingerprint density at radius 1 is 1.62 bits per heavy atom. The van der Waals surface area contributed by atoms with E-state index in [9.17, 15) is 4.39 Å². The molecule has 0 saturated carbocycles. The van der Waals surface area contributed by atoms with Gasteiger partial charge in [-0.2, -0.15) is 0 Å². The molecule has 0 bridgehead atoms. The number of hydrogen-bond acceptors (Lipinski definition) is 2. The molecule has 0 aliphatic carbocycles. The molecule has 0 aromatic heterocycles. The van der Waals surface area contributed by atoms with E-state index in [2.05, 4.69) is 0 Å². The number of benzene rings is 1. The van der Waals surface area contributed by atoms with E-state index in [1.807, 2.05) is 6.92 Å². The van der Waals surface area contributed by atoms with Crippen molar-refractivity contribution in [3.8, 4) is 5.75 Å². The van der Waals surface area contributed by atoms with E-state index in [0.717, 1.165) is 6.61 Å². The van der Waals surface area contributed by atoms with Gasteiger partial charge < -0.3 is 9.47 Å². The molecule has 0 radical (unpaired) electrons. The number of epoxide rings is 1. The maximum absolute atomic E-state index is 12.7. The van der Waals surface area contributed by atoms with Crippen molar-refractivity contribution in [2.75, 3.05) is 6.61 Å². The zero-order chi connectivity index (χ0) is 9.26. The maximum atomic E-state index is 12.7. The molecule has 1 fully saturated rings. The standard InChI is InChI=1S/C10H11FO2/c1-7(10-6-12-10)13-9-4-2-3-8(11)5-9/h2-5,7,10H,6H2,1H3/t7-,10-/m0/s1. The maximum Gasteiger partial charge on any atom is 0.126 e. The molecular weight excluding hydrogens is 171 g/mol. The first-order valence-corrected chi connectivity index (χ1v) is 4.29. The van der Waals surface area contributed by atoms with Crippen LogP contribution in [0.3, 0.4) is 0 Å². The predicted molar refractivity (Wildman–Crippen MR) is 46.2 cm³/mol. The molecule has 2 nitrogen and oxygen atoms in total. The molecule has 1 aliphatic rings. The van der Waals surface area contributed by atoms with Gasteiger partial charge in [0.15, 0.2) is 0 Å². The summed E-state index contributed by atoms with van der Waals surface area (Å²) in [5.74, 6) is 0.282. The van der Waals surface area contributed by atoms with Crippen LogP contribution in [-0.4, -0.2) is 18.8 Å². The van der Waals surface area contributed by atoms with Gasteiger partial charge in [-0.05, 0) is 19.1 Å². The van der Waals surface area contributed by atoms with E-state index < -0.39 is 0 Å². The van der Waals surface area contributed by atoms with Crippen LogP contribution in [0.15, 0.2) is 24.3 Å². The lowest BCUT2D eigenvalue weighted by Crippen LogP contribution is -2.18. The zero-order valence-electron chi connectivity index (χ0n) is 7.37. The number of ether oxygens (including phenoxy) is 2. The van der Waals surface area contributed by atoms with E-state index >= 15 is 0 Å². The van der Waals surface area contributed by atoms with Crippen LogP contribution in [-0.2, 0) is 4.74 Å². The zero-order valence-corrected chi connectivity index (χ0v) is 7.37. The smallest absolute Gasteiger partial charge is 0.126 e. The normalized spacial score (nSPS) is 22.5. The molecule has 1 heterocycles. The van der Waals surface area contributed by atoms with Gasteiger partial charge in [0, 0.05) is 6.07 Å². The molecule has 2 rings (SSSR count). The van der Waals surface area contributed by atoms with Crippen molar-refractivity contribution in [2.45, 2.75) is 19.1 Å². The van der Waals surface area contributed by atoms with Crippen molar-refractivity contribution in [1.82, 2.24) is 0 Å². The van der Waals surface area contributed by atoms with Crippen LogP contribution in [0.2, 0.25) is 0 Å². The van der Waals surface area contributed by atoms with Crippen molar-refractivity contribution in [3.05, 3.63) is 30.1 Å². The first-order valence-electron chi connectivity index (χ1n) is 4.29. The van der Waals surface area contributed by atoms with Gasteiger partial charge in [0.25, 0.3) is 0 Å². The Bertz CT molecular complexity index is 297. The first kappa shape index (κ1) is 8.51. The van der Waals surface area contributed by atoms with Crippen LogP contribution in [0.4, 0.5) is 4.39 Å². The van der Waals surface area contributed by atoms with Gasteiger partial charge in [-0.3, -0.25) is 0 Å². The molecule has 0 unspecified atom stereocenters. The SMILES string of the molecule is C[C@H](Oc1cccc(F)c1)[C@@H]1CO1. The fourth-order valence-corrected chi connectivity index (χ4v) is 1.16. The summed E-state index contributed by atoms with van der Waals surface area (Å²) in [4.78, 5) is 0. The van der Waals surface area contributed by atoms with Gasteiger partial charge in [-0.15, -0.1) is 0 Å². The third kappa shape index (κ3) is 2.18. The van der Waals surface area contributed by atoms with Crippen molar-refractivity contribution >= 4 is 0 Å². The molecule has 2 atom stereocenters. The second-order valence-electron chi connectivity index (χ2n) is 3.15. The van der Waals surface area contributed by atoms with E-state index in [4.69, 9.17) is 9.47 Å². The van der Waals surface area contributed by atoms with E-state index in [0.29, 0.717) is 5.75 Å². The highest BCUT2D eigenvalue weighted by Gasteiger charge is 2.30. The van der Waals surface area contributed by atoms with Crippen LogP contribution in [0.1, 0.15) is 6.92 Å². The predicted octanol–water partition coefficient (Wildman–Crippen LogP) is 1.99. The lowest BCUT2D eigenvalue weighted by atomic mass is 10.3. The molecule has 1 aromatic carbocycles. The topological polar surface area (TPSA) is 21.8 Å². The van der Waals surface area contributed by atoms with Crippen LogP contribution in [0.25, 0.3) is 0 Å². The van der Waals surface area contributed by atoms with Crippen molar-refractivity contribution in [3.63, 3.8) is 0 Å². The van der Waals surface area contributed by atoms with E-state index in [1.165, 1.54) is 12.1 Å². The minimum absolute atomic E-state index is 0.00167. The number of rotatable bonds is 3. The van der Waals surface area contributed by atoms with Crippen LogP contribution in [0.5, 0.6) is 5.75 Å². The van der Waals surface area contributed by atoms with E-state index in [1.54, 1.807) is 12.1 Å². The Labute approximate surface area is 76.3 Å². The molecule has 3 heteroatoms. The molecule has 13 heavy (non-hydrogen) atoms. The monoisotopic (exact) mass is 182 g/mol. The molecule has 1 aromatic rings. The Hall–Kier alpha value is -1.09. The quantitative estimate of drug-likeness (QED) is 0.667. The lowest BCUT2D eigenvalue weighted by molar-refractivity contribution is 0.176. The second-order valence-corrected chi connectivity index (χ2v) is 3.15. The highest BCUT2D eigenvalue weighted by atomic mass is 19.1. The van der Waals surface area contributed by atoms with E-state index in [-0.39, 0.29) is 18.0 Å². The lowest BCUT2D eigenvalue weighted by Gasteiger charge is -2.11. The molecule has 1 aliphatic heterocycles. The largest absolute Gasteiger partial charge is 0.488 e. The van der Waals surface area contributed by atoms with Gasteiger partial charge >= 0.3 is 0 Å². The van der Waals surface area contributed by atoms with Crippen LogP contribution < -0.4 is 4.74 Å². The molecular formula is C10H11FO2. The summed E-state index contributed by atoms with van der Waals surface area (Å²) in [6, 6.07) is 6.14. The number of hydrogen-bond donors (Lipinski definition) is 0. The van der Waals surface area contributed by atoms with Crippen LogP contribution >= 0.6 is 0 Å². The van der Waals surface area contributed by atoms with Gasteiger partial charge in [0.1, 0.15) is 23.8 Å². The average molecular weight is 182 g/mol. The Morgan fingerprint density at radius 3 is 3.00 bits per heavy atom. The highest BCUT2D eigenvalue weighted by Crippen LogP contribution is 2.20. The molecule has 0 spiro atoms. The fraction of sp³-hybridized carbons (Fsp3) is 0.400.